The summed E-state index contributed by atoms with van der Waals surface area (Å²) in [5, 5.41) is 9.09. The van der Waals surface area contributed by atoms with Gasteiger partial charge in [0.1, 0.15) is 11.4 Å². The Kier molecular flexibility index (Phi) is 3.46. The lowest BCUT2D eigenvalue weighted by atomic mass is 10.0. The van der Waals surface area contributed by atoms with Crippen LogP contribution in [-0.4, -0.2) is 23.2 Å². The summed E-state index contributed by atoms with van der Waals surface area (Å²) in [4.78, 5) is 15.1. The van der Waals surface area contributed by atoms with Crippen LogP contribution in [0.1, 0.15) is 15.9 Å². The van der Waals surface area contributed by atoms with E-state index in [9.17, 15) is 9.18 Å². The molecule has 2 aromatic rings. The highest BCUT2D eigenvalue weighted by atomic mass is 19.1. The van der Waals surface area contributed by atoms with Crippen molar-refractivity contribution >= 4 is 5.97 Å². The SMILES string of the molecule is COc1ncc(-c2ccc(F)c(C)c2)cc1C(=O)O. The quantitative estimate of drug-likeness (QED) is 0.922. The van der Waals surface area contributed by atoms with Gasteiger partial charge in [0, 0.05) is 11.8 Å². The average Bonchev–Trinajstić information content (AvgIpc) is 2.41. The third-order valence-corrected chi connectivity index (χ3v) is 2.77. The van der Waals surface area contributed by atoms with Gasteiger partial charge in [0.25, 0.3) is 0 Å². The largest absolute Gasteiger partial charge is 0.480 e. The first-order valence-electron chi connectivity index (χ1n) is 5.56. The van der Waals surface area contributed by atoms with Crippen LogP contribution in [0.5, 0.6) is 5.88 Å². The van der Waals surface area contributed by atoms with Crippen LogP contribution in [0, 0.1) is 12.7 Å². The number of aryl methyl sites for hydroxylation is 1. The van der Waals surface area contributed by atoms with E-state index in [1.807, 2.05) is 0 Å². The average molecular weight is 261 g/mol. The van der Waals surface area contributed by atoms with Crippen molar-refractivity contribution in [2.24, 2.45) is 0 Å². The number of hydrogen-bond donors (Lipinski definition) is 1. The molecular weight excluding hydrogens is 249 g/mol. The van der Waals surface area contributed by atoms with Crippen LogP contribution in [-0.2, 0) is 0 Å². The lowest BCUT2D eigenvalue weighted by Crippen LogP contribution is -2.02. The Morgan fingerprint density at radius 3 is 2.63 bits per heavy atom. The summed E-state index contributed by atoms with van der Waals surface area (Å²) < 4.78 is 18.1. The molecule has 0 atom stereocenters. The van der Waals surface area contributed by atoms with Crippen LogP contribution < -0.4 is 4.74 Å². The molecule has 0 saturated heterocycles. The lowest BCUT2D eigenvalue weighted by molar-refractivity contribution is 0.0692. The second kappa shape index (κ2) is 5.06. The van der Waals surface area contributed by atoms with E-state index in [-0.39, 0.29) is 17.3 Å². The zero-order chi connectivity index (χ0) is 14.0. The molecular formula is C14H12FNO3. The highest BCUT2D eigenvalue weighted by molar-refractivity contribution is 5.91. The molecule has 0 aliphatic rings. The van der Waals surface area contributed by atoms with E-state index in [4.69, 9.17) is 9.84 Å². The fourth-order valence-electron chi connectivity index (χ4n) is 1.75. The second-order valence-electron chi connectivity index (χ2n) is 4.05. The number of nitrogens with zero attached hydrogens (tertiary/aromatic N) is 1. The van der Waals surface area contributed by atoms with Crippen LogP contribution in [0.4, 0.5) is 4.39 Å². The van der Waals surface area contributed by atoms with E-state index >= 15 is 0 Å². The monoisotopic (exact) mass is 261 g/mol. The van der Waals surface area contributed by atoms with Crippen LogP contribution in [0.2, 0.25) is 0 Å². The van der Waals surface area contributed by atoms with Crippen molar-refractivity contribution in [2.45, 2.75) is 6.92 Å². The van der Waals surface area contributed by atoms with E-state index in [0.717, 1.165) is 0 Å². The molecule has 1 heterocycles. The number of carbonyl (C=O) groups is 1. The molecule has 5 heteroatoms. The maximum Gasteiger partial charge on any atom is 0.341 e. The Balaban J connectivity index is 2.53. The molecule has 0 bridgehead atoms. The summed E-state index contributed by atoms with van der Waals surface area (Å²) >= 11 is 0. The van der Waals surface area contributed by atoms with Gasteiger partial charge in [0.05, 0.1) is 7.11 Å². The van der Waals surface area contributed by atoms with Gasteiger partial charge in [-0.05, 0) is 36.2 Å². The van der Waals surface area contributed by atoms with Crippen molar-refractivity contribution in [2.75, 3.05) is 7.11 Å². The summed E-state index contributed by atoms with van der Waals surface area (Å²) in [6.07, 6.45) is 1.50. The molecule has 2 rings (SSSR count). The molecule has 0 spiro atoms. The molecule has 4 nitrogen and oxygen atoms in total. The predicted molar refractivity (Wildman–Crippen MR) is 67.9 cm³/mol. The number of rotatable bonds is 3. The number of ether oxygens (including phenoxy) is 1. The molecule has 1 aromatic heterocycles. The van der Waals surface area contributed by atoms with Gasteiger partial charge in [-0.2, -0.15) is 0 Å². The van der Waals surface area contributed by atoms with Crippen LogP contribution in [0.25, 0.3) is 11.1 Å². The maximum atomic E-state index is 13.2. The lowest BCUT2D eigenvalue weighted by Gasteiger charge is -2.07. The summed E-state index contributed by atoms with van der Waals surface area (Å²) in [7, 11) is 1.36. The van der Waals surface area contributed by atoms with E-state index in [0.29, 0.717) is 16.7 Å². The molecule has 98 valence electrons. The Labute approximate surface area is 109 Å². The van der Waals surface area contributed by atoms with Gasteiger partial charge in [-0.1, -0.05) is 6.07 Å². The first-order valence-corrected chi connectivity index (χ1v) is 5.56. The number of aromatic carboxylic acids is 1. The minimum atomic E-state index is -1.12. The molecule has 0 unspecified atom stereocenters. The molecule has 0 saturated carbocycles. The van der Waals surface area contributed by atoms with Crippen molar-refractivity contribution in [1.29, 1.82) is 0 Å². The highest BCUT2D eigenvalue weighted by Gasteiger charge is 2.14. The van der Waals surface area contributed by atoms with Crippen molar-refractivity contribution < 1.29 is 19.0 Å². The number of hydrogen-bond acceptors (Lipinski definition) is 3. The summed E-state index contributed by atoms with van der Waals surface area (Å²) in [5.74, 6) is -1.37. The number of carboxylic acid groups (broad SMARTS) is 1. The molecule has 19 heavy (non-hydrogen) atoms. The maximum absolute atomic E-state index is 13.2. The van der Waals surface area contributed by atoms with Crippen molar-refractivity contribution in [3.8, 4) is 17.0 Å². The Morgan fingerprint density at radius 1 is 1.32 bits per heavy atom. The van der Waals surface area contributed by atoms with E-state index in [1.165, 1.54) is 25.4 Å². The first-order chi connectivity index (χ1) is 9.02. The summed E-state index contributed by atoms with van der Waals surface area (Å²) in [5.41, 5.74) is 1.77. The Bertz CT molecular complexity index is 641. The summed E-state index contributed by atoms with van der Waals surface area (Å²) in [6.45, 7) is 1.65. The predicted octanol–water partition coefficient (Wildman–Crippen LogP) is 2.90. The zero-order valence-corrected chi connectivity index (χ0v) is 10.5. The topological polar surface area (TPSA) is 59.4 Å². The normalized spacial score (nSPS) is 10.3. The van der Waals surface area contributed by atoms with Gasteiger partial charge in [-0.25, -0.2) is 14.2 Å². The summed E-state index contributed by atoms with van der Waals surface area (Å²) in [6, 6.07) is 6.03. The van der Waals surface area contributed by atoms with E-state index < -0.39 is 5.97 Å². The van der Waals surface area contributed by atoms with Gasteiger partial charge < -0.3 is 9.84 Å². The third-order valence-electron chi connectivity index (χ3n) is 2.77. The molecule has 1 aromatic carbocycles. The Hall–Kier alpha value is -2.43. The molecule has 0 aliphatic carbocycles. The van der Waals surface area contributed by atoms with Gasteiger partial charge in [-0.3, -0.25) is 0 Å². The van der Waals surface area contributed by atoms with Gasteiger partial charge in [-0.15, -0.1) is 0 Å². The standard InChI is InChI=1S/C14H12FNO3/c1-8-5-9(3-4-12(8)15)10-6-11(14(17)18)13(19-2)16-7-10/h3-7H,1-2H3,(H,17,18). The van der Waals surface area contributed by atoms with Crippen molar-refractivity contribution in [3.05, 3.63) is 47.4 Å². The highest BCUT2D eigenvalue weighted by Crippen LogP contribution is 2.25. The minimum absolute atomic E-state index is 0.0259. The van der Waals surface area contributed by atoms with Gasteiger partial charge in [0.2, 0.25) is 5.88 Å². The fourth-order valence-corrected chi connectivity index (χ4v) is 1.75. The zero-order valence-electron chi connectivity index (χ0n) is 10.5. The number of pyridine rings is 1. The van der Waals surface area contributed by atoms with E-state index in [1.54, 1.807) is 19.1 Å². The van der Waals surface area contributed by atoms with E-state index in [2.05, 4.69) is 4.98 Å². The van der Waals surface area contributed by atoms with Crippen LogP contribution >= 0.6 is 0 Å². The molecule has 0 radical (unpaired) electrons. The number of aromatic nitrogens is 1. The smallest absolute Gasteiger partial charge is 0.341 e. The number of methoxy groups -OCH3 is 1. The number of carboxylic acids is 1. The third kappa shape index (κ3) is 2.54. The van der Waals surface area contributed by atoms with Gasteiger partial charge in [0.15, 0.2) is 0 Å². The van der Waals surface area contributed by atoms with Crippen molar-refractivity contribution in [3.63, 3.8) is 0 Å². The molecule has 0 amide bonds. The van der Waals surface area contributed by atoms with Crippen LogP contribution in [0.3, 0.4) is 0 Å². The molecule has 0 aliphatic heterocycles. The fraction of sp³-hybridized carbons (Fsp3) is 0.143. The Morgan fingerprint density at radius 2 is 2.05 bits per heavy atom. The minimum Gasteiger partial charge on any atom is -0.480 e. The number of benzene rings is 1. The second-order valence-corrected chi connectivity index (χ2v) is 4.05. The first kappa shape index (κ1) is 13.0. The molecule has 1 N–H and O–H groups in total. The van der Waals surface area contributed by atoms with Gasteiger partial charge >= 0.3 is 5.97 Å². The number of halogens is 1. The molecule has 0 fully saturated rings. The van der Waals surface area contributed by atoms with Crippen molar-refractivity contribution in [1.82, 2.24) is 4.98 Å². The van der Waals surface area contributed by atoms with Crippen LogP contribution in [0.15, 0.2) is 30.5 Å².